The summed E-state index contributed by atoms with van der Waals surface area (Å²) < 4.78 is 0. The van der Waals surface area contributed by atoms with E-state index in [1.54, 1.807) is 23.9 Å². The molecule has 0 saturated heterocycles. The van der Waals surface area contributed by atoms with Crippen LogP contribution in [0.15, 0.2) is 24.3 Å². The summed E-state index contributed by atoms with van der Waals surface area (Å²) in [7, 11) is 0. The predicted molar refractivity (Wildman–Crippen MR) is 73.1 cm³/mol. The van der Waals surface area contributed by atoms with Crippen LogP contribution in [0.2, 0.25) is 0 Å². The van der Waals surface area contributed by atoms with Gasteiger partial charge in [-0.05, 0) is 25.5 Å². The third kappa shape index (κ3) is 4.21. The van der Waals surface area contributed by atoms with Crippen LogP contribution in [-0.2, 0) is 4.79 Å². The molecule has 1 rings (SSSR count). The van der Waals surface area contributed by atoms with Crippen molar-refractivity contribution in [2.75, 3.05) is 12.3 Å². The second-order valence-corrected chi connectivity index (χ2v) is 5.67. The van der Waals surface area contributed by atoms with Gasteiger partial charge in [0.15, 0.2) is 0 Å². The minimum Gasteiger partial charge on any atom is -0.387 e. The van der Waals surface area contributed by atoms with Crippen molar-refractivity contribution in [2.45, 2.75) is 37.5 Å². The summed E-state index contributed by atoms with van der Waals surface area (Å²) in [4.78, 5) is 11.4. The van der Waals surface area contributed by atoms with Crippen molar-refractivity contribution >= 4 is 17.7 Å². The van der Waals surface area contributed by atoms with Crippen molar-refractivity contribution in [2.24, 2.45) is 0 Å². The summed E-state index contributed by atoms with van der Waals surface area (Å²) in [6.07, 6.45) is 8.65. The third-order valence-corrected chi connectivity index (χ3v) is 4.34. The molecule has 1 aliphatic carbocycles. The maximum atomic E-state index is 11.4. The van der Waals surface area contributed by atoms with Crippen LogP contribution in [-0.4, -0.2) is 34.2 Å². The fourth-order valence-corrected chi connectivity index (χ4v) is 2.99. The van der Waals surface area contributed by atoms with E-state index in [2.05, 4.69) is 12.2 Å². The van der Waals surface area contributed by atoms with Gasteiger partial charge < -0.3 is 10.4 Å². The van der Waals surface area contributed by atoms with Gasteiger partial charge in [-0.1, -0.05) is 25.2 Å². The zero-order valence-corrected chi connectivity index (χ0v) is 11.3. The molecule has 0 aliphatic heterocycles. The van der Waals surface area contributed by atoms with Crippen LogP contribution < -0.4 is 5.32 Å². The number of nitrogens with one attached hydrogen (secondary N) is 1. The molecule has 1 aliphatic rings. The average molecular weight is 255 g/mol. The van der Waals surface area contributed by atoms with Gasteiger partial charge in [0, 0.05) is 17.9 Å². The first-order chi connectivity index (χ1) is 8.12. The maximum Gasteiger partial charge on any atom is 0.244 e. The lowest BCUT2D eigenvalue weighted by molar-refractivity contribution is -0.118. The number of carbonyl (C=O) groups excluding carboxylic acids is 1. The lowest BCUT2D eigenvalue weighted by atomic mass is 9.79. The highest BCUT2D eigenvalue weighted by molar-refractivity contribution is 8.00. The molecule has 2 atom stereocenters. The monoisotopic (exact) mass is 255 g/mol. The van der Waals surface area contributed by atoms with Crippen LogP contribution in [0.3, 0.4) is 0 Å². The Bertz CT molecular complexity index is 315. The zero-order chi connectivity index (χ0) is 12.7. The third-order valence-electron chi connectivity index (χ3n) is 2.93. The van der Waals surface area contributed by atoms with E-state index in [0.29, 0.717) is 6.54 Å². The molecule has 2 unspecified atom stereocenters. The Hall–Kier alpha value is -0.740. The number of hydrogen-bond donors (Lipinski definition) is 2. The molecule has 17 heavy (non-hydrogen) atoms. The van der Waals surface area contributed by atoms with E-state index in [1.165, 1.54) is 6.08 Å². The first kappa shape index (κ1) is 14.3. The van der Waals surface area contributed by atoms with Crippen molar-refractivity contribution in [1.29, 1.82) is 0 Å². The van der Waals surface area contributed by atoms with E-state index >= 15 is 0 Å². The number of carbonyl (C=O) groups is 1. The molecule has 4 heteroatoms. The van der Waals surface area contributed by atoms with Crippen molar-refractivity contribution in [3.63, 3.8) is 0 Å². The Morgan fingerprint density at radius 1 is 1.59 bits per heavy atom. The molecular weight excluding hydrogens is 234 g/mol. The molecule has 0 aromatic rings. The maximum absolute atomic E-state index is 11.4. The van der Waals surface area contributed by atoms with Crippen LogP contribution in [0.5, 0.6) is 0 Å². The molecule has 0 radical (unpaired) electrons. The van der Waals surface area contributed by atoms with Crippen LogP contribution in [0.1, 0.15) is 26.7 Å². The quantitative estimate of drug-likeness (QED) is 0.563. The molecule has 1 saturated carbocycles. The highest BCUT2D eigenvalue weighted by Crippen LogP contribution is 2.40. The van der Waals surface area contributed by atoms with Crippen LogP contribution in [0.25, 0.3) is 0 Å². The van der Waals surface area contributed by atoms with Crippen molar-refractivity contribution in [3.8, 4) is 0 Å². The largest absolute Gasteiger partial charge is 0.387 e. The summed E-state index contributed by atoms with van der Waals surface area (Å²) in [5.74, 6) is 0.853. The number of hydrogen-bond acceptors (Lipinski definition) is 3. The number of aliphatic hydroxyl groups is 1. The molecule has 0 aromatic heterocycles. The minimum atomic E-state index is -0.704. The van der Waals surface area contributed by atoms with Gasteiger partial charge in [0.05, 0.1) is 5.60 Å². The molecule has 0 heterocycles. The van der Waals surface area contributed by atoms with Gasteiger partial charge in [0.2, 0.25) is 5.91 Å². The zero-order valence-electron chi connectivity index (χ0n) is 10.5. The van der Waals surface area contributed by atoms with Crippen LogP contribution in [0, 0.1) is 0 Å². The van der Waals surface area contributed by atoms with Crippen molar-refractivity contribution < 1.29 is 9.90 Å². The second kappa shape index (κ2) is 6.87. The molecule has 0 bridgehead atoms. The van der Waals surface area contributed by atoms with E-state index in [1.807, 2.05) is 13.0 Å². The summed E-state index contributed by atoms with van der Waals surface area (Å²) >= 11 is 1.77. The number of allylic oxidation sites excluding steroid dienone is 3. The van der Waals surface area contributed by atoms with Gasteiger partial charge in [0.1, 0.15) is 0 Å². The SMILES string of the molecule is CC=CC=CC(=O)NCC1(O)CCC1SCC. The highest BCUT2D eigenvalue weighted by atomic mass is 32.2. The average Bonchev–Trinajstić information content (AvgIpc) is 2.32. The molecule has 1 fully saturated rings. The van der Waals surface area contributed by atoms with E-state index in [9.17, 15) is 9.90 Å². The molecule has 96 valence electrons. The van der Waals surface area contributed by atoms with Crippen molar-refractivity contribution in [3.05, 3.63) is 24.3 Å². The number of amides is 1. The Morgan fingerprint density at radius 3 is 2.88 bits per heavy atom. The van der Waals surface area contributed by atoms with Gasteiger partial charge in [-0.15, -0.1) is 0 Å². The molecule has 2 N–H and O–H groups in total. The highest BCUT2D eigenvalue weighted by Gasteiger charge is 2.45. The van der Waals surface area contributed by atoms with Crippen LogP contribution >= 0.6 is 11.8 Å². The standard InChI is InChI=1S/C13H21NO2S/c1-3-5-6-7-12(15)14-10-13(16)9-8-11(13)17-4-2/h3,5-7,11,16H,4,8-10H2,1-2H3,(H,14,15). The van der Waals surface area contributed by atoms with Gasteiger partial charge in [-0.2, -0.15) is 11.8 Å². The smallest absolute Gasteiger partial charge is 0.244 e. The van der Waals surface area contributed by atoms with E-state index < -0.39 is 5.60 Å². The van der Waals surface area contributed by atoms with E-state index in [-0.39, 0.29) is 11.2 Å². The van der Waals surface area contributed by atoms with E-state index in [0.717, 1.165) is 18.6 Å². The van der Waals surface area contributed by atoms with E-state index in [4.69, 9.17) is 0 Å². The second-order valence-electron chi connectivity index (χ2n) is 4.19. The first-order valence-corrected chi connectivity index (χ1v) is 7.08. The topological polar surface area (TPSA) is 49.3 Å². The summed E-state index contributed by atoms with van der Waals surface area (Å²) in [6.45, 7) is 4.33. The number of rotatable bonds is 6. The Labute approximate surface area is 107 Å². The Kier molecular flexibility index (Phi) is 5.78. The molecule has 0 spiro atoms. The fourth-order valence-electron chi connectivity index (χ4n) is 1.79. The van der Waals surface area contributed by atoms with Gasteiger partial charge >= 0.3 is 0 Å². The first-order valence-electron chi connectivity index (χ1n) is 6.03. The van der Waals surface area contributed by atoms with Crippen LogP contribution in [0.4, 0.5) is 0 Å². The molecular formula is C13H21NO2S. The lowest BCUT2D eigenvalue weighted by Gasteiger charge is -2.44. The van der Waals surface area contributed by atoms with Crippen molar-refractivity contribution in [1.82, 2.24) is 5.32 Å². The number of thioether (sulfide) groups is 1. The lowest BCUT2D eigenvalue weighted by Crippen LogP contribution is -2.56. The van der Waals surface area contributed by atoms with Gasteiger partial charge in [0.25, 0.3) is 0 Å². The fraction of sp³-hybridized carbons (Fsp3) is 0.615. The molecule has 1 amide bonds. The Balaban J connectivity index is 2.32. The van der Waals surface area contributed by atoms with Gasteiger partial charge in [-0.3, -0.25) is 4.79 Å². The van der Waals surface area contributed by atoms with Gasteiger partial charge in [-0.25, -0.2) is 0 Å². The molecule has 3 nitrogen and oxygen atoms in total. The normalized spacial score (nSPS) is 28.5. The summed E-state index contributed by atoms with van der Waals surface area (Å²) in [5, 5.41) is 13.3. The summed E-state index contributed by atoms with van der Waals surface area (Å²) in [6, 6.07) is 0. The summed E-state index contributed by atoms with van der Waals surface area (Å²) in [5.41, 5.74) is -0.704. The molecule has 0 aromatic carbocycles. The predicted octanol–water partition coefficient (Wildman–Crippen LogP) is 1.88. The Morgan fingerprint density at radius 2 is 2.35 bits per heavy atom. The minimum absolute atomic E-state index is 0.149.